The van der Waals surface area contributed by atoms with Crippen LogP contribution in [0.15, 0.2) is 58.5 Å². The van der Waals surface area contributed by atoms with Crippen LogP contribution in [0.5, 0.6) is 0 Å². The van der Waals surface area contributed by atoms with Gasteiger partial charge in [0.15, 0.2) is 5.16 Å². The van der Waals surface area contributed by atoms with Crippen LogP contribution in [-0.4, -0.2) is 26.8 Å². The number of hydrogen-bond acceptors (Lipinski definition) is 5. The fraction of sp³-hybridized carbons (Fsp3) is 0.360. The Morgan fingerprint density at radius 1 is 1.16 bits per heavy atom. The summed E-state index contributed by atoms with van der Waals surface area (Å²) in [6.07, 6.45) is 0. The molecular weight excluding hydrogens is 420 g/mol. The minimum absolute atomic E-state index is 0.0403. The molecule has 0 aliphatic heterocycles. The summed E-state index contributed by atoms with van der Waals surface area (Å²) in [5, 5.41) is 13.3. The Kier molecular flexibility index (Phi) is 7.05. The van der Waals surface area contributed by atoms with E-state index in [1.165, 1.54) is 11.8 Å². The third kappa shape index (κ3) is 4.71. The summed E-state index contributed by atoms with van der Waals surface area (Å²) in [5.74, 6) is -0.0817. The molecule has 1 N–H and O–H groups in total. The second kappa shape index (κ2) is 9.58. The van der Waals surface area contributed by atoms with E-state index in [9.17, 15) is 14.9 Å². The first kappa shape index (κ1) is 23.6. The van der Waals surface area contributed by atoms with Gasteiger partial charge in [-0.15, -0.1) is 0 Å². The Morgan fingerprint density at radius 3 is 2.47 bits per heavy atom. The average Bonchev–Trinajstić information content (AvgIpc) is 2.77. The van der Waals surface area contributed by atoms with Crippen LogP contribution in [0, 0.1) is 17.2 Å². The summed E-state index contributed by atoms with van der Waals surface area (Å²) >= 11 is 1.19. The molecule has 1 heterocycles. The number of rotatable bonds is 7. The minimum atomic E-state index is -0.960. The number of benzene rings is 2. The van der Waals surface area contributed by atoms with Crippen molar-refractivity contribution in [2.75, 3.05) is 5.75 Å². The first-order valence-corrected chi connectivity index (χ1v) is 11.6. The lowest BCUT2D eigenvalue weighted by Gasteiger charge is -2.27. The summed E-state index contributed by atoms with van der Waals surface area (Å²) in [7, 11) is 0. The number of amides is 1. The summed E-state index contributed by atoms with van der Waals surface area (Å²) in [4.78, 5) is 30.9. The lowest BCUT2D eigenvalue weighted by atomic mass is 9.90. The van der Waals surface area contributed by atoms with Gasteiger partial charge in [0.25, 0.3) is 5.56 Å². The molecule has 0 unspecified atom stereocenters. The molecule has 0 radical (unpaired) electrons. The van der Waals surface area contributed by atoms with Crippen LogP contribution in [-0.2, 0) is 4.79 Å². The molecule has 0 spiro atoms. The molecule has 2 aromatic carbocycles. The molecule has 1 amide bonds. The van der Waals surface area contributed by atoms with Crippen LogP contribution in [0.25, 0.3) is 16.6 Å². The van der Waals surface area contributed by atoms with E-state index < -0.39 is 5.54 Å². The highest BCUT2D eigenvalue weighted by molar-refractivity contribution is 7.99. The maximum Gasteiger partial charge on any atom is 0.266 e. The van der Waals surface area contributed by atoms with Gasteiger partial charge in [-0.25, -0.2) is 4.98 Å². The number of para-hydroxylation sites is 2. The number of nitrogens with zero attached hydrogens (tertiary/aromatic N) is 3. The molecule has 3 aromatic rings. The van der Waals surface area contributed by atoms with Crippen molar-refractivity contribution >= 4 is 28.6 Å². The Labute approximate surface area is 192 Å². The Hall–Kier alpha value is -3.11. The molecule has 0 aliphatic rings. The number of carbonyl (C=O) groups excluding carboxylic acids is 1. The molecule has 0 saturated heterocycles. The molecule has 0 saturated carbocycles. The van der Waals surface area contributed by atoms with E-state index >= 15 is 0 Å². The van der Waals surface area contributed by atoms with Crippen LogP contribution in [0.4, 0.5) is 0 Å². The third-order valence-corrected chi connectivity index (χ3v) is 6.60. The molecule has 1 aromatic heterocycles. The van der Waals surface area contributed by atoms with Gasteiger partial charge in [-0.1, -0.05) is 69.8 Å². The molecule has 32 heavy (non-hydrogen) atoms. The number of aromatic nitrogens is 2. The molecule has 3 rings (SSSR count). The van der Waals surface area contributed by atoms with E-state index in [2.05, 4.69) is 25.2 Å². The van der Waals surface area contributed by atoms with Gasteiger partial charge in [-0.2, -0.15) is 5.26 Å². The number of fused-ring (bicyclic) bond motifs is 1. The first-order chi connectivity index (χ1) is 15.2. The smallest absolute Gasteiger partial charge is 0.266 e. The molecule has 0 fully saturated rings. The third-order valence-electron chi connectivity index (χ3n) is 5.66. The van der Waals surface area contributed by atoms with Crippen molar-refractivity contribution < 1.29 is 4.79 Å². The van der Waals surface area contributed by atoms with Crippen molar-refractivity contribution in [1.29, 1.82) is 5.26 Å². The maximum atomic E-state index is 13.5. The lowest BCUT2D eigenvalue weighted by Crippen LogP contribution is -2.49. The predicted octanol–water partition coefficient (Wildman–Crippen LogP) is 4.66. The van der Waals surface area contributed by atoms with Crippen molar-refractivity contribution in [3.63, 3.8) is 0 Å². The predicted molar refractivity (Wildman–Crippen MR) is 129 cm³/mol. The Bertz CT molecular complexity index is 1240. The van der Waals surface area contributed by atoms with Gasteiger partial charge in [0.1, 0.15) is 5.54 Å². The van der Waals surface area contributed by atoms with Gasteiger partial charge >= 0.3 is 0 Å². The van der Waals surface area contributed by atoms with E-state index in [1.54, 1.807) is 23.6 Å². The topological polar surface area (TPSA) is 87.8 Å². The molecule has 6 nitrogen and oxygen atoms in total. The Morgan fingerprint density at radius 2 is 1.81 bits per heavy atom. The van der Waals surface area contributed by atoms with Gasteiger partial charge in [-0.05, 0) is 42.5 Å². The van der Waals surface area contributed by atoms with Crippen LogP contribution in [0.1, 0.15) is 46.1 Å². The van der Waals surface area contributed by atoms with Gasteiger partial charge in [0.2, 0.25) is 5.91 Å². The van der Waals surface area contributed by atoms with Gasteiger partial charge < -0.3 is 5.32 Å². The van der Waals surface area contributed by atoms with Crippen molar-refractivity contribution in [3.05, 3.63) is 64.4 Å². The van der Waals surface area contributed by atoms with Crippen LogP contribution < -0.4 is 10.9 Å². The first-order valence-electron chi connectivity index (χ1n) is 10.6. The van der Waals surface area contributed by atoms with E-state index in [0.29, 0.717) is 16.1 Å². The van der Waals surface area contributed by atoms with Crippen molar-refractivity contribution in [1.82, 2.24) is 14.9 Å². The fourth-order valence-corrected chi connectivity index (χ4v) is 4.16. The number of hydrogen-bond donors (Lipinski definition) is 1. The minimum Gasteiger partial charge on any atom is -0.337 e. The van der Waals surface area contributed by atoms with Crippen LogP contribution >= 0.6 is 11.8 Å². The second-order valence-electron chi connectivity index (χ2n) is 8.57. The lowest BCUT2D eigenvalue weighted by molar-refractivity contribution is -0.120. The van der Waals surface area contributed by atoms with Crippen LogP contribution in [0.3, 0.4) is 0 Å². The zero-order valence-corrected chi connectivity index (χ0v) is 19.9. The number of nitrogens with one attached hydrogen (secondary N) is 1. The summed E-state index contributed by atoms with van der Waals surface area (Å²) in [6.45, 7) is 9.65. The molecule has 166 valence electrons. The van der Waals surface area contributed by atoms with E-state index in [1.807, 2.05) is 50.2 Å². The SMILES string of the molecule is CC(C)c1ccccc1-n1c(SCC(=O)N[C@](C)(C#N)C(C)C)nc2ccccc2c1=O. The molecule has 7 heteroatoms. The maximum absolute atomic E-state index is 13.5. The molecule has 0 bridgehead atoms. The monoisotopic (exact) mass is 448 g/mol. The normalized spacial score (nSPS) is 13.2. The fourth-order valence-electron chi connectivity index (χ4n) is 3.36. The van der Waals surface area contributed by atoms with E-state index in [0.717, 1.165) is 11.3 Å². The highest BCUT2D eigenvalue weighted by Crippen LogP contribution is 2.27. The van der Waals surface area contributed by atoms with Crippen LogP contribution in [0.2, 0.25) is 0 Å². The van der Waals surface area contributed by atoms with Crippen molar-refractivity contribution in [2.45, 2.75) is 51.2 Å². The number of nitriles is 1. The Balaban J connectivity index is 2.06. The molecular formula is C25H28N4O2S. The van der Waals surface area contributed by atoms with Crippen molar-refractivity contribution in [2.24, 2.45) is 5.92 Å². The summed E-state index contributed by atoms with van der Waals surface area (Å²) in [6, 6.07) is 17.2. The van der Waals surface area contributed by atoms with Crippen molar-refractivity contribution in [3.8, 4) is 11.8 Å². The van der Waals surface area contributed by atoms with Gasteiger partial charge in [0.05, 0.1) is 28.4 Å². The number of thioether (sulfide) groups is 1. The zero-order chi connectivity index (χ0) is 23.5. The highest BCUT2D eigenvalue weighted by Gasteiger charge is 2.30. The van der Waals surface area contributed by atoms with Gasteiger partial charge in [-0.3, -0.25) is 14.2 Å². The van der Waals surface area contributed by atoms with E-state index in [4.69, 9.17) is 4.98 Å². The highest BCUT2D eigenvalue weighted by atomic mass is 32.2. The number of carbonyl (C=O) groups is 1. The van der Waals surface area contributed by atoms with Gasteiger partial charge in [0, 0.05) is 0 Å². The zero-order valence-electron chi connectivity index (χ0n) is 19.0. The van der Waals surface area contributed by atoms with E-state index in [-0.39, 0.29) is 29.1 Å². The second-order valence-corrected chi connectivity index (χ2v) is 9.51. The standard InChI is InChI=1S/C25H28N4O2S/c1-16(2)18-10-7-9-13-21(18)29-23(31)19-11-6-8-12-20(19)27-24(29)32-14-22(30)28-25(5,15-26)17(3)4/h6-13,16-17H,14H2,1-5H3,(H,28,30)/t25-/m1/s1. The summed E-state index contributed by atoms with van der Waals surface area (Å²) in [5.41, 5.74) is 1.24. The molecule has 1 atom stereocenters. The largest absolute Gasteiger partial charge is 0.337 e. The summed E-state index contributed by atoms with van der Waals surface area (Å²) < 4.78 is 1.60. The molecule has 0 aliphatic carbocycles. The quantitative estimate of drug-likeness (QED) is 0.420. The average molecular weight is 449 g/mol.